The van der Waals surface area contributed by atoms with E-state index < -0.39 is 0 Å². The molecule has 3 rings (SSSR count). The van der Waals surface area contributed by atoms with Gasteiger partial charge in [0.1, 0.15) is 0 Å². The van der Waals surface area contributed by atoms with E-state index in [1.54, 1.807) is 0 Å². The molecule has 1 aromatic carbocycles. The lowest BCUT2D eigenvalue weighted by Gasteiger charge is -2.33. The fourth-order valence-electron chi connectivity index (χ4n) is 4.31. The molecule has 0 bridgehead atoms. The van der Waals surface area contributed by atoms with Gasteiger partial charge >= 0.3 is 0 Å². The SMILES string of the molecule is CCN1CCCC(CNC(=NC)N2CCC(Cc3ccccc3)C2)C1.I. The summed E-state index contributed by atoms with van der Waals surface area (Å²) in [5.74, 6) is 2.60. The molecule has 0 spiro atoms. The number of guanidine groups is 1. The van der Waals surface area contributed by atoms with Crippen LogP contribution in [0.2, 0.25) is 0 Å². The average Bonchev–Trinajstić information content (AvgIpc) is 3.11. The van der Waals surface area contributed by atoms with Gasteiger partial charge in [0.05, 0.1) is 0 Å². The smallest absolute Gasteiger partial charge is 0.193 e. The zero-order chi connectivity index (χ0) is 17.5. The molecule has 26 heavy (non-hydrogen) atoms. The number of aliphatic imine (C=N–C) groups is 1. The molecule has 2 heterocycles. The van der Waals surface area contributed by atoms with E-state index in [-0.39, 0.29) is 24.0 Å². The van der Waals surface area contributed by atoms with Crippen molar-refractivity contribution in [3.05, 3.63) is 35.9 Å². The normalized spacial score (nSPS) is 24.4. The lowest BCUT2D eigenvalue weighted by Crippen LogP contribution is -2.45. The van der Waals surface area contributed by atoms with Crippen molar-refractivity contribution in [3.8, 4) is 0 Å². The van der Waals surface area contributed by atoms with E-state index in [0.717, 1.165) is 37.4 Å². The molecule has 2 atom stereocenters. The quantitative estimate of drug-likeness (QED) is 0.406. The Morgan fingerprint density at radius 2 is 1.92 bits per heavy atom. The number of nitrogens with zero attached hydrogens (tertiary/aromatic N) is 3. The fraction of sp³-hybridized carbons (Fsp3) is 0.667. The van der Waals surface area contributed by atoms with Crippen LogP contribution in [0.3, 0.4) is 0 Å². The van der Waals surface area contributed by atoms with Gasteiger partial charge < -0.3 is 15.1 Å². The highest BCUT2D eigenvalue weighted by molar-refractivity contribution is 14.0. The first-order chi connectivity index (χ1) is 12.3. The topological polar surface area (TPSA) is 30.9 Å². The zero-order valence-electron chi connectivity index (χ0n) is 16.4. The van der Waals surface area contributed by atoms with Crippen LogP contribution >= 0.6 is 24.0 Å². The van der Waals surface area contributed by atoms with E-state index in [1.807, 2.05) is 7.05 Å². The molecular formula is C21H35IN4. The lowest BCUT2D eigenvalue weighted by atomic mass is 9.98. The fourth-order valence-corrected chi connectivity index (χ4v) is 4.31. The number of hydrogen-bond donors (Lipinski definition) is 1. The summed E-state index contributed by atoms with van der Waals surface area (Å²) >= 11 is 0. The minimum atomic E-state index is 0. The van der Waals surface area contributed by atoms with Crippen molar-refractivity contribution in [1.82, 2.24) is 15.1 Å². The number of nitrogens with one attached hydrogen (secondary N) is 1. The van der Waals surface area contributed by atoms with E-state index in [4.69, 9.17) is 0 Å². The first-order valence-electron chi connectivity index (χ1n) is 10.00. The van der Waals surface area contributed by atoms with Crippen LogP contribution in [0.5, 0.6) is 0 Å². The first kappa shape index (κ1) is 21.5. The maximum Gasteiger partial charge on any atom is 0.193 e. The highest BCUT2D eigenvalue weighted by atomic mass is 127. The van der Waals surface area contributed by atoms with Gasteiger partial charge in [0, 0.05) is 33.2 Å². The number of likely N-dealkylation sites (tertiary alicyclic amines) is 2. The van der Waals surface area contributed by atoms with E-state index >= 15 is 0 Å². The standard InChI is InChI=1S/C21H34N4.HI/c1-3-24-12-7-10-20(16-24)15-23-21(22-2)25-13-11-19(17-25)14-18-8-5-4-6-9-18;/h4-6,8-9,19-20H,3,7,10-17H2,1-2H3,(H,22,23);1H. The predicted molar refractivity (Wildman–Crippen MR) is 121 cm³/mol. The van der Waals surface area contributed by atoms with Crippen molar-refractivity contribution in [2.75, 3.05) is 46.3 Å². The molecule has 0 aliphatic carbocycles. The third kappa shape index (κ3) is 6.12. The second kappa shape index (κ2) is 11.1. The van der Waals surface area contributed by atoms with Crippen LogP contribution in [0.25, 0.3) is 0 Å². The molecule has 5 heteroatoms. The minimum Gasteiger partial charge on any atom is -0.356 e. The molecule has 2 aliphatic rings. The Labute approximate surface area is 176 Å². The van der Waals surface area contributed by atoms with Crippen molar-refractivity contribution in [2.45, 2.75) is 32.6 Å². The summed E-state index contributed by atoms with van der Waals surface area (Å²) in [4.78, 5) is 9.58. The van der Waals surface area contributed by atoms with Crippen molar-refractivity contribution < 1.29 is 0 Å². The third-order valence-electron chi connectivity index (χ3n) is 5.76. The van der Waals surface area contributed by atoms with Gasteiger partial charge in [-0.3, -0.25) is 4.99 Å². The zero-order valence-corrected chi connectivity index (χ0v) is 18.7. The second-order valence-corrected chi connectivity index (χ2v) is 7.62. The molecule has 146 valence electrons. The number of benzene rings is 1. The summed E-state index contributed by atoms with van der Waals surface area (Å²) in [7, 11) is 1.92. The van der Waals surface area contributed by atoms with Crippen LogP contribution < -0.4 is 5.32 Å². The van der Waals surface area contributed by atoms with Crippen molar-refractivity contribution in [2.24, 2.45) is 16.8 Å². The van der Waals surface area contributed by atoms with Crippen LogP contribution in [0.4, 0.5) is 0 Å². The Bertz CT molecular complexity index is 548. The van der Waals surface area contributed by atoms with E-state index in [9.17, 15) is 0 Å². The molecule has 0 radical (unpaired) electrons. The van der Waals surface area contributed by atoms with Crippen LogP contribution in [-0.4, -0.2) is 62.1 Å². The molecule has 2 fully saturated rings. The highest BCUT2D eigenvalue weighted by Gasteiger charge is 2.26. The van der Waals surface area contributed by atoms with Gasteiger partial charge in [-0.2, -0.15) is 0 Å². The maximum absolute atomic E-state index is 4.55. The van der Waals surface area contributed by atoms with Gasteiger partial charge in [-0.15, -0.1) is 24.0 Å². The summed E-state index contributed by atoms with van der Waals surface area (Å²) in [5, 5.41) is 3.66. The Kier molecular flexibility index (Phi) is 9.19. The molecule has 2 aliphatic heterocycles. The molecule has 2 unspecified atom stereocenters. The first-order valence-corrected chi connectivity index (χ1v) is 10.00. The molecule has 0 saturated carbocycles. The summed E-state index contributed by atoms with van der Waals surface area (Å²) in [5.41, 5.74) is 1.46. The average molecular weight is 470 g/mol. The minimum absolute atomic E-state index is 0. The highest BCUT2D eigenvalue weighted by Crippen LogP contribution is 2.21. The summed E-state index contributed by atoms with van der Waals surface area (Å²) in [6.07, 6.45) is 5.13. The Morgan fingerprint density at radius 1 is 1.12 bits per heavy atom. The Balaban J connectivity index is 0.00000243. The predicted octanol–water partition coefficient (Wildman–Crippen LogP) is 3.48. The molecule has 1 N–H and O–H groups in total. The summed E-state index contributed by atoms with van der Waals surface area (Å²) in [6.45, 7) is 9.27. The molecule has 4 nitrogen and oxygen atoms in total. The van der Waals surface area contributed by atoms with Crippen molar-refractivity contribution in [1.29, 1.82) is 0 Å². The van der Waals surface area contributed by atoms with E-state index in [0.29, 0.717) is 0 Å². The van der Waals surface area contributed by atoms with Crippen molar-refractivity contribution in [3.63, 3.8) is 0 Å². The molecule has 0 aromatic heterocycles. The number of halogens is 1. The van der Waals surface area contributed by atoms with Crippen LogP contribution in [0.15, 0.2) is 35.3 Å². The largest absolute Gasteiger partial charge is 0.356 e. The Hall–Kier alpha value is -0.820. The monoisotopic (exact) mass is 470 g/mol. The van der Waals surface area contributed by atoms with Crippen LogP contribution in [0.1, 0.15) is 31.7 Å². The van der Waals surface area contributed by atoms with E-state index in [1.165, 1.54) is 50.9 Å². The maximum atomic E-state index is 4.55. The molecule has 1 aromatic rings. The molecule has 2 saturated heterocycles. The third-order valence-corrected chi connectivity index (χ3v) is 5.76. The number of piperidine rings is 1. The van der Waals surface area contributed by atoms with Gasteiger partial charge in [-0.1, -0.05) is 37.3 Å². The van der Waals surface area contributed by atoms with Gasteiger partial charge in [0.15, 0.2) is 5.96 Å². The van der Waals surface area contributed by atoms with Gasteiger partial charge in [-0.05, 0) is 56.2 Å². The van der Waals surface area contributed by atoms with Crippen molar-refractivity contribution >= 4 is 29.9 Å². The summed E-state index contributed by atoms with van der Waals surface area (Å²) in [6, 6.07) is 10.9. The van der Waals surface area contributed by atoms with Gasteiger partial charge in [-0.25, -0.2) is 0 Å². The Morgan fingerprint density at radius 3 is 2.65 bits per heavy atom. The number of rotatable bonds is 5. The lowest BCUT2D eigenvalue weighted by molar-refractivity contribution is 0.183. The van der Waals surface area contributed by atoms with E-state index in [2.05, 4.69) is 57.4 Å². The molecular weight excluding hydrogens is 435 g/mol. The molecule has 0 amide bonds. The summed E-state index contributed by atoms with van der Waals surface area (Å²) < 4.78 is 0. The van der Waals surface area contributed by atoms with Gasteiger partial charge in [0.25, 0.3) is 0 Å². The number of hydrogen-bond acceptors (Lipinski definition) is 2. The second-order valence-electron chi connectivity index (χ2n) is 7.62. The van der Waals surface area contributed by atoms with Gasteiger partial charge in [0.2, 0.25) is 0 Å². The van der Waals surface area contributed by atoms with Crippen LogP contribution in [0, 0.1) is 11.8 Å². The van der Waals surface area contributed by atoms with Crippen LogP contribution in [-0.2, 0) is 6.42 Å².